The molecule has 25 heavy (non-hydrogen) atoms. The molecule has 0 aromatic carbocycles. The molecule has 0 unspecified atom stereocenters. The zero-order chi connectivity index (χ0) is 17.6. The van der Waals surface area contributed by atoms with Crippen LogP contribution in [0.2, 0.25) is 0 Å². The highest BCUT2D eigenvalue weighted by molar-refractivity contribution is 5.93. The van der Waals surface area contributed by atoms with Crippen LogP contribution in [-0.4, -0.2) is 54.3 Å². The van der Waals surface area contributed by atoms with Gasteiger partial charge in [0.05, 0.1) is 38.1 Å². The molecule has 1 amide bonds. The minimum atomic E-state index is -0.209. The SMILES string of the molecule is COc1ccc(C(=O)NCc2cc(C)nc(N3CCOCC3)n2)cn1. The van der Waals surface area contributed by atoms with Crippen LogP contribution in [0.15, 0.2) is 24.4 Å². The first-order chi connectivity index (χ1) is 12.2. The number of nitrogens with one attached hydrogen (secondary N) is 1. The second-order valence-electron chi connectivity index (χ2n) is 5.67. The summed E-state index contributed by atoms with van der Waals surface area (Å²) in [6, 6.07) is 5.20. The van der Waals surface area contributed by atoms with Crippen LogP contribution < -0.4 is 15.0 Å². The molecule has 2 aromatic heterocycles. The summed E-state index contributed by atoms with van der Waals surface area (Å²) in [6.07, 6.45) is 1.48. The van der Waals surface area contributed by atoms with Gasteiger partial charge in [0, 0.05) is 31.0 Å². The number of aromatic nitrogens is 3. The van der Waals surface area contributed by atoms with Gasteiger partial charge in [0.2, 0.25) is 11.8 Å². The molecule has 1 aliphatic heterocycles. The number of methoxy groups -OCH3 is 1. The number of hydrogen-bond donors (Lipinski definition) is 1. The maximum atomic E-state index is 12.2. The van der Waals surface area contributed by atoms with Crippen molar-refractivity contribution in [2.45, 2.75) is 13.5 Å². The Morgan fingerprint density at radius 2 is 2.12 bits per heavy atom. The van der Waals surface area contributed by atoms with Gasteiger partial charge in [0.15, 0.2) is 0 Å². The van der Waals surface area contributed by atoms with Crippen LogP contribution in [0, 0.1) is 6.92 Å². The molecule has 1 saturated heterocycles. The number of amides is 1. The average molecular weight is 343 g/mol. The van der Waals surface area contributed by atoms with Gasteiger partial charge in [-0.3, -0.25) is 4.79 Å². The van der Waals surface area contributed by atoms with E-state index in [9.17, 15) is 4.79 Å². The summed E-state index contributed by atoms with van der Waals surface area (Å²) < 4.78 is 10.3. The minimum Gasteiger partial charge on any atom is -0.481 e. The number of carbonyl (C=O) groups excluding carboxylic acids is 1. The van der Waals surface area contributed by atoms with Gasteiger partial charge in [-0.1, -0.05) is 0 Å². The first-order valence-electron chi connectivity index (χ1n) is 8.11. The Kier molecular flexibility index (Phi) is 5.39. The molecule has 8 heteroatoms. The fraction of sp³-hybridized carbons (Fsp3) is 0.412. The van der Waals surface area contributed by atoms with Crippen molar-refractivity contribution in [3.05, 3.63) is 41.3 Å². The summed E-state index contributed by atoms with van der Waals surface area (Å²) in [5.41, 5.74) is 2.11. The smallest absolute Gasteiger partial charge is 0.253 e. The van der Waals surface area contributed by atoms with Crippen LogP contribution >= 0.6 is 0 Å². The highest BCUT2D eigenvalue weighted by Gasteiger charge is 2.15. The number of rotatable bonds is 5. The van der Waals surface area contributed by atoms with Gasteiger partial charge in [-0.2, -0.15) is 0 Å². The topological polar surface area (TPSA) is 89.5 Å². The van der Waals surface area contributed by atoms with E-state index in [2.05, 4.69) is 25.2 Å². The van der Waals surface area contributed by atoms with Crippen LogP contribution in [-0.2, 0) is 11.3 Å². The van der Waals surface area contributed by atoms with E-state index >= 15 is 0 Å². The van der Waals surface area contributed by atoms with Gasteiger partial charge >= 0.3 is 0 Å². The third-order valence-corrected chi connectivity index (χ3v) is 3.83. The van der Waals surface area contributed by atoms with E-state index in [0.717, 1.165) is 24.5 Å². The first kappa shape index (κ1) is 17.1. The number of ether oxygens (including phenoxy) is 2. The third-order valence-electron chi connectivity index (χ3n) is 3.83. The molecule has 2 aromatic rings. The van der Waals surface area contributed by atoms with Crippen LogP contribution in [0.3, 0.4) is 0 Å². The zero-order valence-electron chi connectivity index (χ0n) is 14.4. The lowest BCUT2D eigenvalue weighted by Gasteiger charge is -2.27. The summed E-state index contributed by atoms with van der Waals surface area (Å²) in [7, 11) is 1.53. The predicted octanol–water partition coefficient (Wildman–Crippen LogP) is 0.955. The Balaban J connectivity index is 1.65. The minimum absolute atomic E-state index is 0.209. The van der Waals surface area contributed by atoms with Crippen molar-refractivity contribution in [1.29, 1.82) is 0 Å². The second kappa shape index (κ2) is 7.89. The van der Waals surface area contributed by atoms with Gasteiger partial charge in [-0.05, 0) is 19.1 Å². The zero-order valence-corrected chi connectivity index (χ0v) is 14.4. The summed E-state index contributed by atoms with van der Waals surface area (Å²) >= 11 is 0. The molecule has 0 spiro atoms. The van der Waals surface area contributed by atoms with Crippen molar-refractivity contribution in [2.24, 2.45) is 0 Å². The van der Waals surface area contributed by atoms with Crippen molar-refractivity contribution < 1.29 is 14.3 Å². The molecular formula is C17H21N5O3. The quantitative estimate of drug-likeness (QED) is 0.864. The number of anilines is 1. The molecule has 8 nitrogen and oxygen atoms in total. The lowest BCUT2D eigenvalue weighted by atomic mass is 10.2. The van der Waals surface area contributed by atoms with Crippen molar-refractivity contribution in [1.82, 2.24) is 20.3 Å². The number of aryl methyl sites for hydroxylation is 1. The van der Waals surface area contributed by atoms with Crippen molar-refractivity contribution in [3.63, 3.8) is 0 Å². The monoisotopic (exact) mass is 343 g/mol. The molecule has 3 rings (SSSR count). The van der Waals surface area contributed by atoms with E-state index in [0.29, 0.717) is 37.2 Å². The summed E-state index contributed by atoms with van der Waals surface area (Å²) in [6.45, 7) is 5.14. The molecule has 0 aliphatic carbocycles. The van der Waals surface area contributed by atoms with Gasteiger partial charge in [-0.15, -0.1) is 0 Å². The molecule has 1 N–H and O–H groups in total. The van der Waals surface area contributed by atoms with E-state index < -0.39 is 0 Å². The number of pyridine rings is 1. The van der Waals surface area contributed by atoms with Gasteiger partial charge in [-0.25, -0.2) is 15.0 Å². The summed E-state index contributed by atoms with van der Waals surface area (Å²) in [5, 5.41) is 2.86. The number of hydrogen-bond acceptors (Lipinski definition) is 7. The molecule has 132 valence electrons. The van der Waals surface area contributed by atoms with Crippen molar-refractivity contribution in [3.8, 4) is 5.88 Å². The van der Waals surface area contributed by atoms with E-state index in [1.807, 2.05) is 13.0 Å². The molecule has 3 heterocycles. The fourth-order valence-electron chi connectivity index (χ4n) is 2.52. The molecule has 0 radical (unpaired) electrons. The Morgan fingerprint density at radius 1 is 1.32 bits per heavy atom. The molecular weight excluding hydrogens is 322 g/mol. The Morgan fingerprint density at radius 3 is 2.80 bits per heavy atom. The van der Waals surface area contributed by atoms with Crippen LogP contribution in [0.5, 0.6) is 5.88 Å². The van der Waals surface area contributed by atoms with Gasteiger partial charge in [0.25, 0.3) is 5.91 Å². The molecule has 1 aliphatic rings. The molecule has 1 fully saturated rings. The number of carbonyl (C=O) groups is 1. The van der Waals surface area contributed by atoms with Crippen LogP contribution in [0.25, 0.3) is 0 Å². The van der Waals surface area contributed by atoms with E-state index in [-0.39, 0.29) is 5.91 Å². The van der Waals surface area contributed by atoms with Crippen LogP contribution in [0.1, 0.15) is 21.7 Å². The Hall–Kier alpha value is -2.74. The van der Waals surface area contributed by atoms with E-state index in [1.54, 1.807) is 12.1 Å². The van der Waals surface area contributed by atoms with Crippen LogP contribution in [0.4, 0.5) is 5.95 Å². The standard InChI is InChI=1S/C17H21N5O3/c1-12-9-14(21-17(20-12)22-5-7-25-8-6-22)11-19-16(23)13-3-4-15(24-2)18-10-13/h3-4,9-10H,5-8,11H2,1-2H3,(H,19,23). The third kappa shape index (κ3) is 4.42. The summed E-state index contributed by atoms with van der Waals surface area (Å²) in [4.78, 5) is 27.4. The maximum Gasteiger partial charge on any atom is 0.253 e. The van der Waals surface area contributed by atoms with Gasteiger partial charge < -0.3 is 19.7 Å². The Bertz CT molecular complexity index is 730. The summed E-state index contributed by atoms with van der Waals surface area (Å²) in [5.74, 6) is 0.941. The lowest BCUT2D eigenvalue weighted by Crippen LogP contribution is -2.37. The van der Waals surface area contributed by atoms with Gasteiger partial charge in [0.1, 0.15) is 0 Å². The van der Waals surface area contributed by atoms with E-state index in [1.165, 1.54) is 13.3 Å². The number of nitrogens with zero attached hydrogens (tertiary/aromatic N) is 4. The second-order valence-corrected chi connectivity index (χ2v) is 5.67. The predicted molar refractivity (Wildman–Crippen MR) is 91.8 cm³/mol. The highest BCUT2D eigenvalue weighted by atomic mass is 16.5. The maximum absolute atomic E-state index is 12.2. The van der Waals surface area contributed by atoms with Crippen molar-refractivity contribution >= 4 is 11.9 Å². The largest absolute Gasteiger partial charge is 0.481 e. The first-order valence-corrected chi connectivity index (χ1v) is 8.11. The highest BCUT2D eigenvalue weighted by Crippen LogP contribution is 2.12. The molecule has 0 atom stereocenters. The normalized spacial score (nSPS) is 14.2. The molecule has 0 bridgehead atoms. The van der Waals surface area contributed by atoms with Crippen molar-refractivity contribution in [2.75, 3.05) is 38.3 Å². The fourth-order valence-corrected chi connectivity index (χ4v) is 2.52. The molecule has 0 saturated carbocycles. The Labute approximate surface area is 146 Å². The van der Waals surface area contributed by atoms with E-state index in [4.69, 9.17) is 9.47 Å². The lowest BCUT2D eigenvalue weighted by molar-refractivity contribution is 0.0950. The average Bonchev–Trinajstić information content (AvgIpc) is 2.66. The number of morpholine rings is 1.